The molecule has 2 N–H and O–H groups in total. The number of benzene rings is 2. The Bertz CT molecular complexity index is 457. The third-order valence-electron chi connectivity index (χ3n) is 2.69. The highest BCUT2D eigenvalue weighted by atomic mass is 32.1. The predicted octanol–water partition coefficient (Wildman–Crippen LogP) is 2.15. The Balaban J connectivity index is 1.93. The molecule has 0 aromatic heterocycles. The summed E-state index contributed by atoms with van der Waals surface area (Å²) in [6.07, 6.45) is 0. The van der Waals surface area contributed by atoms with E-state index >= 15 is 0 Å². The second-order valence-electron chi connectivity index (χ2n) is 3.96. The molecule has 1 saturated heterocycles. The van der Waals surface area contributed by atoms with Crippen LogP contribution >= 0.6 is 12.6 Å². The Hall–Kier alpha value is -1.69. The first-order chi connectivity index (χ1) is 8.84. The van der Waals surface area contributed by atoms with E-state index in [2.05, 4.69) is 23.5 Å². The lowest BCUT2D eigenvalue weighted by molar-refractivity contribution is 0.730. The van der Waals surface area contributed by atoms with Crippen LogP contribution in [0.3, 0.4) is 0 Å². The molecule has 3 rings (SSSR count). The summed E-state index contributed by atoms with van der Waals surface area (Å²) in [5.41, 5.74) is 8.44. The van der Waals surface area contributed by atoms with Gasteiger partial charge in [0.25, 0.3) is 0 Å². The molecule has 1 aliphatic heterocycles. The van der Waals surface area contributed by atoms with Gasteiger partial charge >= 0.3 is 0 Å². The van der Waals surface area contributed by atoms with E-state index in [4.69, 9.17) is 0 Å². The van der Waals surface area contributed by atoms with Crippen molar-refractivity contribution < 1.29 is 0 Å². The Morgan fingerprint density at radius 3 is 1.50 bits per heavy atom. The molecule has 0 radical (unpaired) electrons. The highest BCUT2D eigenvalue weighted by molar-refractivity contribution is 7.80. The number of hydrogen-bond donors (Lipinski definition) is 3. The lowest BCUT2D eigenvalue weighted by atomic mass is 10.3. The van der Waals surface area contributed by atoms with Crippen LogP contribution in [-0.2, 0) is 0 Å². The second-order valence-corrected chi connectivity index (χ2v) is 4.47. The van der Waals surface area contributed by atoms with Gasteiger partial charge in [0, 0.05) is 0 Å². The van der Waals surface area contributed by atoms with Crippen molar-refractivity contribution >= 4 is 24.0 Å². The molecule has 1 aliphatic rings. The average molecular weight is 258 g/mol. The van der Waals surface area contributed by atoms with E-state index in [1.54, 1.807) is 0 Å². The Kier molecular flexibility index (Phi) is 3.10. The molecule has 0 atom stereocenters. The first-order valence-corrected chi connectivity index (χ1v) is 6.27. The van der Waals surface area contributed by atoms with Gasteiger partial charge in [-0.3, -0.25) is 0 Å². The van der Waals surface area contributed by atoms with Crippen LogP contribution in [-0.4, -0.2) is 5.50 Å². The second kappa shape index (κ2) is 4.89. The fraction of sp³-hybridized carbons (Fsp3) is 0.0769. The summed E-state index contributed by atoms with van der Waals surface area (Å²) in [6.45, 7) is 0. The third-order valence-corrected chi connectivity index (χ3v) is 2.92. The minimum absolute atomic E-state index is 0.120. The van der Waals surface area contributed by atoms with E-state index in [1.807, 2.05) is 70.9 Å². The first kappa shape index (κ1) is 11.4. The zero-order chi connectivity index (χ0) is 12.4. The molecule has 5 heteroatoms. The van der Waals surface area contributed by atoms with Crippen molar-refractivity contribution in [3.63, 3.8) is 0 Å². The van der Waals surface area contributed by atoms with Crippen LogP contribution in [0.2, 0.25) is 0 Å². The summed E-state index contributed by atoms with van der Waals surface area (Å²) >= 11 is 4.41. The van der Waals surface area contributed by atoms with Crippen molar-refractivity contribution in [2.75, 3.05) is 10.2 Å². The summed E-state index contributed by atoms with van der Waals surface area (Å²) in [4.78, 5) is 0. The SMILES string of the molecule is SC1NN(c2ccccc2)N(c2ccccc2)N1. The van der Waals surface area contributed by atoms with Crippen LogP contribution in [0.5, 0.6) is 0 Å². The van der Waals surface area contributed by atoms with Crippen molar-refractivity contribution in [2.24, 2.45) is 0 Å². The number of hydrogen-bond acceptors (Lipinski definition) is 5. The summed E-state index contributed by atoms with van der Waals surface area (Å²) in [5.74, 6) is 0. The quantitative estimate of drug-likeness (QED) is 0.720. The van der Waals surface area contributed by atoms with Crippen LogP contribution in [0.15, 0.2) is 60.7 Å². The minimum Gasteiger partial charge on any atom is -0.200 e. The molecule has 2 aromatic rings. The highest BCUT2D eigenvalue weighted by Crippen LogP contribution is 2.22. The van der Waals surface area contributed by atoms with Gasteiger partial charge in [-0.25, -0.2) is 10.2 Å². The van der Waals surface area contributed by atoms with Gasteiger partial charge in [0.2, 0.25) is 0 Å². The topological polar surface area (TPSA) is 30.5 Å². The number of hydrazine groups is 3. The molecule has 0 saturated carbocycles. The van der Waals surface area contributed by atoms with Gasteiger partial charge in [-0.2, -0.15) is 10.9 Å². The Morgan fingerprint density at radius 1 is 0.722 bits per heavy atom. The smallest absolute Gasteiger partial charge is 0.140 e. The van der Waals surface area contributed by atoms with Crippen LogP contribution in [0.4, 0.5) is 11.4 Å². The molecule has 18 heavy (non-hydrogen) atoms. The van der Waals surface area contributed by atoms with E-state index in [0.717, 1.165) is 11.4 Å². The lowest BCUT2D eigenvalue weighted by Gasteiger charge is -2.28. The van der Waals surface area contributed by atoms with Gasteiger partial charge in [0.15, 0.2) is 0 Å². The monoisotopic (exact) mass is 258 g/mol. The maximum absolute atomic E-state index is 4.41. The lowest BCUT2D eigenvalue weighted by Crippen LogP contribution is -2.45. The zero-order valence-electron chi connectivity index (χ0n) is 9.69. The van der Waals surface area contributed by atoms with Crippen LogP contribution in [0, 0.1) is 0 Å². The van der Waals surface area contributed by atoms with Gasteiger partial charge in [-0.1, -0.05) is 36.4 Å². The molecule has 0 aliphatic carbocycles. The van der Waals surface area contributed by atoms with E-state index in [0.29, 0.717) is 0 Å². The maximum Gasteiger partial charge on any atom is 0.140 e. The maximum atomic E-state index is 4.41. The predicted molar refractivity (Wildman–Crippen MR) is 76.9 cm³/mol. The van der Waals surface area contributed by atoms with Crippen molar-refractivity contribution in [2.45, 2.75) is 5.50 Å². The van der Waals surface area contributed by atoms with Gasteiger partial charge in [0.1, 0.15) is 5.50 Å². The average Bonchev–Trinajstić information content (AvgIpc) is 2.83. The van der Waals surface area contributed by atoms with Crippen LogP contribution < -0.4 is 21.1 Å². The molecule has 1 heterocycles. The number of rotatable bonds is 2. The summed E-state index contributed by atoms with van der Waals surface area (Å²) < 4.78 is 0. The van der Waals surface area contributed by atoms with Crippen molar-refractivity contribution in [1.82, 2.24) is 10.9 Å². The normalized spacial score (nSPS) is 16.3. The number of thiol groups is 1. The largest absolute Gasteiger partial charge is 0.200 e. The molecule has 2 aromatic carbocycles. The van der Waals surface area contributed by atoms with Crippen molar-refractivity contribution in [3.05, 3.63) is 60.7 Å². The summed E-state index contributed by atoms with van der Waals surface area (Å²) in [6, 6.07) is 20.2. The molecule has 0 amide bonds. The molecule has 0 bridgehead atoms. The molecule has 4 nitrogen and oxygen atoms in total. The molecule has 1 fully saturated rings. The Morgan fingerprint density at radius 2 is 1.11 bits per heavy atom. The van der Waals surface area contributed by atoms with E-state index in [9.17, 15) is 0 Å². The van der Waals surface area contributed by atoms with E-state index < -0.39 is 0 Å². The van der Waals surface area contributed by atoms with E-state index in [-0.39, 0.29) is 5.50 Å². The minimum atomic E-state index is -0.120. The summed E-state index contributed by atoms with van der Waals surface area (Å²) in [7, 11) is 0. The fourth-order valence-corrected chi connectivity index (χ4v) is 2.11. The fourth-order valence-electron chi connectivity index (χ4n) is 1.89. The van der Waals surface area contributed by atoms with Crippen LogP contribution in [0.1, 0.15) is 0 Å². The summed E-state index contributed by atoms with van der Waals surface area (Å²) in [5, 5.41) is 3.88. The molecular weight excluding hydrogens is 244 g/mol. The molecular formula is C13H14N4S. The van der Waals surface area contributed by atoms with Crippen molar-refractivity contribution in [1.29, 1.82) is 0 Å². The molecule has 92 valence electrons. The number of nitrogens with one attached hydrogen (secondary N) is 2. The Labute approximate surface area is 112 Å². The van der Waals surface area contributed by atoms with Crippen LogP contribution in [0.25, 0.3) is 0 Å². The number of nitrogens with zero attached hydrogens (tertiary/aromatic N) is 2. The van der Waals surface area contributed by atoms with Crippen molar-refractivity contribution in [3.8, 4) is 0 Å². The van der Waals surface area contributed by atoms with Gasteiger partial charge in [-0.05, 0) is 24.3 Å². The van der Waals surface area contributed by atoms with Gasteiger partial charge in [0.05, 0.1) is 11.4 Å². The number of para-hydroxylation sites is 2. The van der Waals surface area contributed by atoms with Gasteiger partial charge in [-0.15, -0.1) is 12.6 Å². The highest BCUT2D eigenvalue weighted by Gasteiger charge is 2.27. The molecule has 0 unspecified atom stereocenters. The standard InChI is InChI=1S/C13H14N4S/c18-13-14-16(11-7-3-1-4-8-11)17(15-13)12-9-5-2-6-10-12/h1-10,13-15,18H. The number of anilines is 2. The molecule has 0 spiro atoms. The first-order valence-electron chi connectivity index (χ1n) is 5.75. The van der Waals surface area contributed by atoms with E-state index in [1.165, 1.54) is 0 Å². The third kappa shape index (κ3) is 2.15. The van der Waals surface area contributed by atoms with Gasteiger partial charge < -0.3 is 0 Å². The zero-order valence-corrected chi connectivity index (χ0v) is 10.6.